The monoisotopic (exact) mass is 278 g/mol. The zero-order valence-electron chi connectivity index (χ0n) is 12.2. The summed E-state index contributed by atoms with van der Waals surface area (Å²) in [6.45, 7) is 4.73. The second kappa shape index (κ2) is 5.53. The first-order chi connectivity index (χ1) is 9.15. The van der Waals surface area contributed by atoms with Crippen LogP contribution in [0.3, 0.4) is 0 Å². The minimum absolute atomic E-state index is 0.266. The van der Waals surface area contributed by atoms with E-state index in [0.717, 1.165) is 30.6 Å². The molecule has 0 amide bonds. The summed E-state index contributed by atoms with van der Waals surface area (Å²) >= 11 is 1.92. The van der Waals surface area contributed by atoms with E-state index in [0.29, 0.717) is 0 Å². The maximum atomic E-state index is 6.22. The number of hydrogen-bond acceptors (Lipinski definition) is 3. The highest BCUT2D eigenvalue weighted by Crippen LogP contribution is 2.42. The number of thiazole rings is 1. The first kappa shape index (κ1) is 13.6. The van der Waals surface area contributed by atoms with Gasteiger partial charge in [-0.1, -0.05) is 13.8 Å². The van der Waals surface area contributed by atoms with E-state index in [4.69, 9.17) is 10.7 Å². The molecule has 3 heteroatoms. The van der Waals surface area contributed by atoms with Gasteiger partial charge in [0, 0.05) is 16.8 Å². The van der Waals surface area contributed by atoms with Gasteiger partial charge in [-0.2, -0.15) is 0 Å². The SMILES string of the molecule is CC(C)C1CCC(c2nc3c(s2)C(N)CCC3)CC1. The third-order valence-electron chi connectivity index (χ3n) is 5.07. The van der Waals surface area contributed by atoms with Crippen molar-refractivity contribution in [1.29, 1.82) is 0 Å². The molecule has 1 unspecified atom stereocenters. The number of fused-ring (bicyclic) bond motifs is 1. The van der Waals surface area contributed by atoms with Crippen molar-refractivity contribution in [3.8, 4) is 0 Å². The summed E-state index contributed by atoms with van der Waals surface area (Å²) in [5.41, 5.74) is 7.55. The third kappa shape index (κ3) is 2.73. The van der Waals surface area contributed by atoms with E-state index in [1.54, 1.807) is 0 Å². The van der Waals surface area contributed by atoms with Crippen LogP contribution in [0.15, 0.2) is 0 Å². The van der Waals surface area contributed by atoms with Gasteiger partial charge in [-0.25, -0.2) is 4.98 Å². The van der Waals surface area contributed by atoms with E-state index in [2.05, 4.69) is 13.8 Å². The van der Waals surface area contributed by atoms with Gasteiger partial charge < -0.3 is 5.73 Å². The fourth-order valence-corrected chi connectivity index (χ4v) is 5.00. The molecule has 0 radical (unpaired) electrons. The first-order valence-electron chi connectivity index (χ1n) is 7.90. The molecule has 2 nitrogen and oxygen atoms in total. The number of nitrogens with zero attached hydrogens (tertiary/aromatic N) is 1. The Balaban J connectivity index is 1.70. The molecule has 3 rings (SSSR count). The summed E-state index contributed by atoms with van der Waals surface area (Å²) in [5, 5.41) is 1.39. The van der Waals surface area contributed by atoms with Crippen LogP contribution >= 0.6 is 11.3 Å². The first-order valence-corrected chi connectivity index (χ1v) is 8.72. The topological polar surface area (TPSA) is 38.9 Å². The number of hydrogen-bond donors (Lipinski definition) is 1. The molecule has 1 atom stereocenters. The molecular weight excluding hydrogens is 252 g/mol. The maximum Gasteiger partial charge on any atom is 0.0962 e. The number of aromatic nitrogens is 1. The smallest absolute Gasteiger partial charge is 0.0962 e. The van der Waals surface area contributed by atoms with Crippen LogP contribution in [-0.2, 0) is 6.42 Å². The molecule has 0 spiro atoms. The summed E-state index contributed by atoms with van der Waals surface area (Å²) in [7, 11) is 0. The van der Waals surface area contributed by atoms with Crippen molar-refractivity contribution in [3.05, 3.63) is 15.6 Å². The minimum atomic E-state index is 0.266. The zero-order valence-corrected chi connectivity index (χ0v) is 13.0. The molecule has 0 aliphatic heterocycles. The molecule has 0 aromatic carbocycles. The van der Waals surface area contributed by atoms with Gasteiger partial charge >= 0.3 is 0 Å². The normalized spacial score (nSPS) is 31.5. The average Bonchev–Trinajstić information content (AvgIpc) is 2.84. The Hall–Kier alpha value is -0.410. The van der Waals surface area contributed by atoms with Crippen LogP contribution in [0, 0.1) is 11.8 Å². The van der Waals surface area contributed by atoms with E-state index >= 15 is 0 Å². The van der Waals surface area contributed by atoms with Crippen molar-refractivity contribution in [2.24, 2.45) is 17.6 Å². The Morgan fingerprint density at radius 3 is 2.53 bits per heavy atom. The van der Waals surface area contributed by atoms with Crippen molar-refractivity contribution in [2.45, 2.75) is 70.8 Å². The highest BCUT2D eigenvalue weighted by molar-refractivity contribution is 7.12. The van der Waals surface area contributed by atoms with Crippen molar-refractivity contribution < 1.29 is 0 Å². The van der Waals surface area contributed by atoms with Crippen LogP contribution in [-0.4, -0.2) is 4.98 Å². The van der Waals surface area contributed by atoms with E-state index in [1.807, 2.05) is 11.3 Å². The molecule has 1 aromatic heterocycles. The molecule has 19 heavy (non-hydrogen) atoms. The summed E-state index contributed by atoms with van der Waals surface area (Å²) in [6, 6.07) is 0.266. The zero-order chi connectivity index (χ0) is 13.4. The van der Waals surface area contributed by atoms with Crippen LogP contribution in [0.1, 0.15) is 79.9 Å². The lowest BCUT2D eigenvalue weighted by atomic mass is 9.77. The highest BCUT2D eigenvalue weighted by Gasteiger charge is 2.29. The van der Waals surface area contributed by atoms with E-state index in [9.17, 15) is 0 Å². The second-order valence-electron chi connectivity index (χ2n) is 6.72. The molecule has 2 N–H and O–H groups in total. The van der Waals surface area contributed by atoms with Gasteiger partial charge in [0.25, 0.3) is 0 Å². The van der Waals surface area contributed by atoms with Crippen LogP contribution in [0.25, 0.3) is 0 Å². The van der Waals surface area contributed by atoms with E-state index in [-0.39, 0.29) is 6.04 Å². The molecule has 1 fully saturated rings. The Morgan fingerprint density at radius 2 is 1.89 bits per heavy atom. The Bertz CT molecular complexity index is 430. The lowest BCUT2D eigenvalue weighted by Crippen LogP contribution is -2.17. The lowest BCUT2D eigenvalue weighted by Gasteiger charge is -2.29. The predicted octanol–water partition coefficient (Wildman–Crippen LogP) is 4.41. The van der Waals surface area contributed by atoms with Crippen LogP contribution in [0.4, 0.5) is 0 Å². The largest absolute Gasteiger partial charge is 0.323 e. The van der Waals surface area contributed by atoms with Crippen LogP contribution in [0.5, 0.6) is 0 Å². The molecule has 2 aliphatic rings. The molecule has 1 heterocycles. The van der Waals surface area contributed by atoms with Gasteiger partial charge in [-0.15, -0.1) is 11.3 Å². The minimum Gasteiger partial charge on any atom is -0.323 e. The molecular formula is C16H26N2S. The van der Waals surface area contributed by atoms with Crippen molar-refractivity contribution in [3.63, 3.8) is 0 Å². The van der Waals surface area contributed by atoms with Gasteiger partial charge in [0.05, 0.1) is 10.7 Å². The lowest BCUT2D eigenvalue weighted by molar-refractivity contribution is 0.258. The molecule has 2 aliphatic carbocycles. The third-order valence-corrected chi connectivity index (χ3v) is 6.47. The second-order valence-corrected chi connectivity index (χ2v) is 7.78. The molecule has 0 saturated heterocycles. The van der Waals surface area contributed by atoms with Gasteiger partial charge in [-0.3, -0.25) is 0 Å². The average molecular weight is 278 g/mol. The Kier molecular flexibility index (Phi) is 3.95. The molecule has 1 aromatic rings. The summed E-state index contributed by atoms with van der Waals surface area (Å²) in [4.78, 5) is 6.33. The van der Waals surface area contributed by atoms with Crippen molar-refractivity contribution >= 4 is 11.3 Å². The number of aryl methyl sites for hydroxylation is 1. The molecule has 0 bridgehead atoms. The fourth-order valence-electron chi connectivity index (χ4n) is 3.68. The van der Waals surface area contributed by atoms with Crippen LogP contribution < -0.4 is 5.73 Å². The summed E-state index contributed by atoms with van der Waals surface area (Å²) < 4.78 is 0. The van der Waals surface area contributed by atoms with Crippen LogP contribution in [0.2, 0.25) is 0 Å². The molecule has 106 valence electrons. The van der Waals surface area contributed by atoms with Crippen molar-refractivity contribution in [1.82, 2.24) is 4.98 Å². The quantitative estimate of drug-likeness (QED) is 0.870. The summed E-state index contributed by atoms with van der Waals surface area (Å²) in [6.07, 6.45) is 8.97. The summed E-state index contributed by atoms with van der Waals surface area (Å²) in [5.74, 6) is 2.50. The standard InChI is InChI=1S/C16H26N2S/c1-10(2)11-6-8-12(9-7-11)16-18-14-5-3-4-13(17)15(14)19-16/h10-13H,3-9,17H2,1-2H3. The Labute approximate surface area is 120 Å². The van der Waals surface area contributed by atoms with E-state index < -0.39 is 0 Å². The highest BCUT2D eigenvalue weighted by atomic mass is 32.1. The van der Waals surface area contributed by atoms with Gasteiger partial charge in [0.2, 0.25) is 0 Å². The number of rotatable bonds is 2. The fraction of sp³-hybridized carbons (Fsp3) is 0.812. The van der Waals surface area contributed by atoms with Gasteiger partial charge in [0.15, 0.2) is 0 Å². The molecule has 1 saturated carbocycles. The Morgan fingerprint density at radius 1 is 1.16 bits per heavy atom. The number of nitrogens with two attached hydrogens (primary N) is 1. The van der Waals surface area contributed by atoms with Gasteiger partial charge in [0.1, 0.15) is 0 Å². The van der Waals surface area contributed by atoms with Crippen molar-refractivity contribution in [2.75, 3.05) is 0 Å². The van der Waals surface area contributed by atoms with Gasteiger partial charge in [-0.05, 0) is 56.8 Å². The predicted molar refractivity (Wildman–Crippen MR) is 81.5 cm³/mol. The van der Waals surface area contributed by atoms with E-state index in [1.165, 1.54) is 47.7 Å². The maximum absolute atomic E-state index is 6.22.